The maximum Gasteiger partial charge on any atom is 0.0361 e. The fraction of sp³-hybridized carbons (Fsp3) is 0.444. The molecule has 0 spiro atoms. The molecule has 1 nitrogen and oxygen atoms in total. The van der Waals surface area contributed by atoms with E-state index in [4.69, 9.17) is 0 Å². The molecule has 0 saturated carbocycles. The van der Waals surface area contributed by atoms with Gasteiger partial charge < -0.3 is 5.32 Å². The Bertz CT molecular complexity index is 545. The molecular formula is C18H23NS. The number of thiophene rings is 1. The maximum atomic E-state index is 3.72. The number of rotatable bonds is 6. The van der Waals surface area contributed by atoms with Crippen LogP contribution in [0.3, 0.4) is 0 Å². The van der Waals surface area contributed by atoms with Crippen molar-refractivity contribution in [1.82, 2.24) is 5.32 Å². The van der Waals surface area contributed by atoms with E-state index in [-0.39, 0.29) is 0 Å². The zero-order chi connectivity index (χ0) is 13.8. The third-order valence-electron chi connectivity index (χ3n) is 4.19. The molecular weight excluding hydrogens is 262 g/mol. The summed E-state index contributed by atoms with van der Waals surface area (Å²) in [6, 6.07) is 9.84. The minimum absolute atomic E-state index is 0.454. The summed E-state index contributed by atoms with van der Waals surface area (Å²) in [5.74, 6) is 0. The van der Waals surface area contributed by atoms with Gasteiger partial charge in [-0.05, 0) is 77.7 Å². The lowest BCUT2D eigenvalue weighted by atomic mass is 9.97. The van der Waals surface area contributed by atoms with Crippen molar-refractivity contribution >= 4 is 11.3 Å². The molecule has 20 heavy (non-hydrogen) atoms. The molecule has 0 amide bonds. The van der Waals surface area contributed by atoms with Gasteiger partial charge in [0.15, 0.2) is 0 Å². The topological polar surface area (TPSA) is 12.0 Å². The lowest BCUT2D eigenvalue weighted by Crippen LogP contribution is -2.24. The number of fused-ring (bicyclic) bond motifs is 1. The third-order valence-corrected chi connectivity index (χ3v) is 4.92. The highest BCUT2D eigenvalue weighted by Crippen LogP contribution is 2.27. The van der Waals surface area contributed by atoms with Crippen LogP contribution in [0.5, 0.6) is 0 Å². The van der Waals surface area contributed by atoms with Crippen molar-refractivity contribution in [2.45, 2.75) is 45.1 Å². The van der Waals surface area contributed by atoms with E-state index in [2.05, 4.69) is 47.3 Å². The van der Waals surface area contributed by atoms with Crippen LogP contribution in [0.1, 0.15) is 48.1 Å². The summed E-state index contributed by atoms with van der Waals surface area (Å²) in [6.45, 7) is 3.32. The van der Waals surface area contributed by atoms with Gasteiger partial charge in [0.2, 0.25) is 0 Å². The van der Waals surface area contributed by atoms with Crippen LogP contribution in [0.2, 0.25) is 0 Å². The van der Waals surface area contributed by atoms with Gasteiger partial charge in [0.1, 0.15) is 0 Å². The Morgan fingerprint density at radius 1 is 1.20 bits per heavy atom. The molecule has 106 valence electrons. The fourth-order valence-electron chi connectivity index (χ4n) is 3.08. The predicted octanol–water partition coefficient (Wildman–Crippen LogP) is 4.52. The van der Waals surface area contributed by atoms with Gasteiger partial charge in [0.25, 0.3) is 0 Å². The maximum absolute atomic E-state index is 3.72. The Hall–Kier alpha value is -1.12. The average Bonchev–Trinajstić information content (AvgIpc) is 3.13. The second kappa shape index (κ2) is 6.55. The van der Waals surface area contributed by atoms with Gasteiger partial charge in [0.05, 0.1) is 0 Å². The van der Waals surface area contributed by atoms with Gasteiger partial charge >= 0.3 is 0 Å². The van der Waals surface area contributed by atoms with E-state index >= 15 is 0 Å². The highest BCUT2D eigenvalue weighted by Gasteiger charge is 2.16. The Balaban J connectivity index is 1.80. The Morgan fingerprint density at radius 3 is 2.90 bits per heavy atom. The molecule has 1 aliphatic carbocycles. The van der Waals surface area contributed by atoms with Crippen molar-refractivity contribution in [2.75, 3.05) is 6.54 Å². The zero-order valence-electron chi connectivity index (χ0n) is 12.2. The highest BCUT2D eigenvalue weighted by atomic mass is 32.1. The standard InChI is InChI=1S/C18H23NS/c1-2-9-19-18(11-14-8-10-20-13-14)17-7-6-15-4-3-5-16(15)12-17/h6-8,10,12-13,18-19H,2-5,9,11H2,1H3. The van der Waals surface area contributed by atoms with Crippen LogP contribution in [0.25, 0.3) is 0 Å². The second-order valence-corrected chi connectivity index (χ2v) is 6.50. The van der Waals surface area contributed by atoms with E-state index < -0.39 is 0 Å². The van der Waals surface area contributed by atoms with Gasteiger partial charge in [-0.1, -0.05) is 25.1 Å². The first-order valence-electron chi connectivity index (χ1n) is 7.73. The number of nitrogens with one attached hydrogen (secondary N) is 1. The molecule has 2 aromatic rings. The minimum Gasteiger partial charge on any atom is -0.310 e. The monoisotopic (exact) mass is 285 g/mol. The summed E-state index contributed by atoms with van der Waals surface area (Å²) in [5.41, 5.74) is 6.06. The van der Waals surface area contributed by atoms with Crippen molar-refractivity contribution in [3.8, 4) is 0 Å². The molecule has 1 aliphatic rings. The zero-order valence-corrected chi connectivity index (χ0v) is 13.0. The summed E-state index contributed by atoms with van der Waals surface area (Å²) in [6.07, 6.45) is 6.15. The lowest BCUT2D eigenvalue weighted by molar-refractivity contribution is 0.529. The predicted molar refractivity (Wildman–Crippen MR) is 87.5 cm³/mol. The molecule has 2 heteroatoms. The van der Waals surface area contributed by atoms with Gasteiger partial charge in [0, 0.05) is 6.04 Å². The van der Waals surface area contributed by atoms with Crippen LogP contribution < -0.4 is 5.32 Å². The molecule has 0 fully saturated rings. The van der Waals surface area contributed by atoms with E-state index in [0.29, 0.717) is 6.04 Å². The summed E-state index contributed by atoms with van der Waals surface area (Å²) < 4.78 is 0. The first kappa shape index (κ1) is 13.8. The highest BCUT2D eigenvalue weighted by molar-refractivity contribution is 7.07. The summed E-state index contributed by atoms with van der Waals surface area (Å²) in [5, 5.41) is 8.17. The first-order chi connectivity index (χ1) is 9.86. The van der Waals surface area contributed by atoms with Crippen molar-refractivity contribution in [2.24, 2.45) is 0 Å². The second-order valence-electron chi connectivity index (χ2n) is 5.72. The molecule has 1 unspecified atom stereocenters. The van der Waals surface area contributed by atoms with Crippen LogP contribution in [0.15, 0.2) is 35.0 Å². The van der Waals surface area contributed by atoms with Crippen LogP contribution >= 0.6 is 11.3 Å². The third kappa shape index (κ3) is 3.13. The first-order valence-corrected chi connectivity index (χ1v) is 8.67. The normalized spacial score (nSPS) is 15.2. The number of benzene rings is 1. The van der Waals surface area contributed by atoms with Crippen molar-refractivity contribution in [1.29, 1.82) is 0 Å². The van der Waals surface area contributed by atoms with E-state index in [1.165, 1.54) is 36.8 Å². The van der Waals surface area contributed by atoms with Crippen molar-refractivity contribution < 1.29 is 0 Å². The molecule has 0 radical (unpaired) electrons. The minimum atomic E-state index is 0.454. The molecule has 0 bridgehead atoms. The van der Waals surface area contributed by atoms with Crippen LogP contribution in [0, 0.1) is 0 Å². The molecule has 1 atom stereocenters. The molecule has 1 aromatic heterocycles. The molecule has 3 rings (SSSR count). The number of hydrogen-bond acceptors (Lipinski definition) is 2. The van der Waals surface area contributed by atoms with E-state index in [9.17, 15) is 0 Å². The average molecular weight is 285 g/mol. The number of hydrogen-bond donors (Lipinski definition) is 1. The van der Waals surface area contributed by atoms with Crippen LogP contribution in [0.4, 0.5) is 0 Å². The van der Waals surface area contributed by atoms with Gasteiger partial charge in [-0.3, -0.25) is 0 Å². The molecule has 1 N–H and O–H groups in total. The quantitative estimate of drug-likeness (QED) is 0.823. The van der Waals surface area contributed by atoms with Crippen molar-refractivity contribution in [3.63, 3.8) is 0 Å². The molecule has 1 aromatic carbocycles. The van der Waals surface area contributed by atoms with Crippen molar-refractivity contribution in [3.05, 3.63) is 57.3 Å². The Labute approximate surface area is 126 Å². The fourth-order valence-corrected chi connectivity index (χ4v) is 3.76. The molecule has 0 saturated heterocycles. The summed E-state index contributed by atoms with van der Waals surface area (Å²) >= 11 is 1.79. The van der Waals surface area contributed by atoms with Crippen LogP contribution in [-0.2, 0) is 19.3 Å². The van der Waals surface area contributed by atoms with Gasteiger partial charge in [-0.25, -0.2) is 0 Å². The van der Waals surface area contributed by atoms with Gasteiger partial charge in [-0.15, -0.1) is 0 Å². The van der Waals surface area contributed by atoms with Gasteiger partial charge in [-0.2, -0.15) is 11.3 Å². The molecule has 1 heterocycles. The van der Waals surface area contributed by atoms with E-state index in [1.807, 2.05) is 0 Å². The SMILES string of the molecule is CCCNC(Cc1ccsc1)c1ccc2c(c1)CCC2. The smallest absolute Gasteiger partial charge is 0.0361 e. The van der Waals surface area contributed by atoms with Crippen LogP contribution in [-0.4, -0.2) is 6.54 Å². The summed E-state index contributed by atoms with van der Waals surface area (Å²) in [7, 11) is 0. The largest absolute Gasteiger partial charge is 0.310 e. The number of aryl methyl sites for hydroxylation is 2. The van der Waals surface area contributed by atoms with E-state index in [1.54, 1.807) is 22.5 Å². The van der Waals surface area contributed by atoms with E-state index in [0.717, 1.165) is 13.0 Å². The Morgan fingerprint density at radius 2 is 2.10 bits per heavy atom. The molecule has 0 aliphatic heterocycles. The Kier molecular flexibility index (Phi) is 4.54. The lowest BCUT2D eigenvalue weighted by Gasteiger charge is -2.19. The summed E-state index contributed by atoms with van der Waals surface area (Å²) in [4.78, 5) is 0.